The fourth-order valence-electron chi connectivity index (χ4n) is 3.93. The third-order valence-corrected chi connectivity index (χ3v) is 5.90. The highest BCUT2D eigenvalue weighted by molar-refractivity contribution is 6.00. The van der Waals surface area contributed by atoms with Gasteiger partial charge in [0, 0.05) is 11.6 Å². The summed E-state index contributed by atoms with van der Waals surface area (Å²) in [6, 6.07) is 9.71. The van der Waals surface area contributed by atoms with Crippen LogP contribution in [0.25, 0.3) is 0 Å². The van der Waals surface area contributed by atoms with Gasteiger partial charge in [0.15, 0.2) is 0 Å². The summed E-state index contributed by atoms with van der Waals surface area (Å²) in [5.74, 6) is 1.65. The summed E-state index contributed by atoms with van der Waals surface area (Å²) in [6.07, 6.45) is 14.4. The van der Waals surface area contributed by atoms with Crippen molar-refractivity contribution in [3.05, 3.63) is 61.2 Å². The van der Waals surface area contributed by atoms with Crippen LogP contribution in [-0.4, -0.2) is 10.5 Å². The molecule has 0 radical (unpaired) electrons. The number of aromatic nitrogens is 2. The molecule has 0 fully saturated rings. The zero-order valence-electron chi connectivity index (χ0n) is 19.1. The molecule has 0 bridgehead atoms. The van der Waals surface area contributed by atoms with Gasteiger partial charge in [-0.2, -0.15) is 0 Å². The van der Waals surface area contributed by atoms with Crippen LogP contribution >= 0.6 is 0 Å². The Balaban J connectivity index is 2.28. The number of carbonyl (C=O) groups excluding carboxylic acids is 1. The predicted molar refractivity (Wildman–Crippen MR) is 126 cm³/mol. The number of hydrogen-bond acceptors (Lipinski definition) is 1. The first-order valence-corrected chi connectivity index (χ1v) is 11.7. The number of carbonyl (C=O) groups is 1. The van der Waals surface area contributed by atoms with Gasteiger partial charge in [0.1, 0.15) is 12.4 Å². The van der Waals surface area contributed by atoms with Gasteiger partial charge in [0.2, 0.25) is 0 Å². The van der Waals surface area contributed by atoms with Gasteiger partial charge in [-0.15, -0.1) is 6.58 Å². The molecule has 0 saturated heterocycles. The lowest BCUT2D eigenvalue weighted by Gasteiger charge is -2.14. The molecule has 4 nitrogen and oxygen atoms in total. The second kappa shape index (κ2) is 13.0. The van der Waals surface area contributed by atoms with Gasteiger partial charge in [-0.3, -0.25) is 4.79 Å². The molecule has 1 aromatic carbocycles. The van der Waals surface area contributed by atoms with E-state index in [1.165, 1.54) is 32.1 Å². The van der Waals surface area contributed by atoms with E-state index in [0.717, 1.165) is 37.4 Å². The van der Waals surface area contributed by atoms with Crippen molar-refractivity contribution >= 4 is 11.6 Å². The maximum Gasteiger partial charge on any atom is 0.348 e. The zero-order valence-corrected chi connectivity index (χ0v) is 19.1. The Labute approximate surface area is 183 Å². The van der Waals surface area contributed by atoms with Crippen LogP contribution in [0, 0.1) is 11.8 Å². The van der Waals surface area contributed by atoms with Gasteiger partial charge < -0.3 is 5.32 Å². The molecule has 1 aromatic heterocycles. The highest BCUT2D eigenvalue weighted by atomic mass is 16.2. The van der Waals surface area contributed by atoms with Crippen LogP contribution in [0.3, 0.4) is 0 Å². The predicted octanol–water partition coefficient (Wildman–Crippen LogP) is 6.24. The number of anilines is 1. The van der Waals surface area contributed by atoms with Gasteiger partial charge in [0.05, 0.1) is 13.1 Å². The minimum Gasteiger partial charge on any atom is -0.315 e. The highest BCUT2D eigenvalue weighted by Gasteiger charge is 2.28. The molecule has 2 rings (SSSR count). The normalized spacial score (nSPS) is 13.0. The van der Waals surface area contributed by atoms with E-state index >= 15 is 0 Å². The summed E-state index contributed by atoms with van der Waals surface area (Å²) in [6.45, 7) is 12.4. The maximum atomic E-state index is 13.3. The number of unbranched alkanes of at least 4 members (excludes halogenated alkanes) is 2. The van der Waals surface area contributed by atoms with Crippen LogP contribution < -0.4 is 9.88 Å². The van der Waals surface area contributed by atoms with E-state index < -0.39 is 0 Å². The summed E-state index contributed by atoms with van der Waals surface area (Å²) in [7, 11) is 0. The van der Waals surface area contributed by atoms with E-state index in [1.54, 1.807) is 0 Å². The van der Waals surface area contributed by atoms with Gasteiger partial charge in [-0.1, -0.05) is 70.7 Å². The largest absolute Gasteiger partial charge is 0.348 e. The van der Waals surface area contributed by atoms with Gasteiger partial charge in [-0.05, 0) is 37.3 Å². The molecule has 0 aliphatic rings. The smallest absolute Gasteiger partial charge is 0.315 e. The molecule has 1 amide bonds. The fourth-order valence-corrected chi connectivity index (χ4v) is 3.93. The summed E-state index contributed by atoms with van der Waals surface area (Å²) in [5, 5.41) is 3.09. The van der Waals surface area contributed by atoms with Crippen molar-refractivity contribution in [3.63, 3.8) is 0 Å². The summed E-state index contributed by atoms with van der Waals surface area (Å²) >= 11 is 0. The van der Waals surface area contributed by atoms with Crippen LogP contribution in [0.15, 0.2) is 55.4 Å². The lowest BCUT2D eigenvalue weighted by Crippen LogP contribution is -2.44. The van der Waals surface area contributed by atoms with E-state index in [1.807, 2.05) is 36.4 Å². The Morgan fingerprint density at radius 2 is 1.83 bits per heavy atom. The Morgan fingerprint density at radius 3 is 2.47 bits per heavy atom. The monoisotopic (exact) mass is 410 g/mol. The van der Waals surface area contributed by atoms with Crippen LogP contribution in [0.1, 0.15) is 76.3 Å². The number of imidazole rings is 1. The van der Waals surface area contributed by atoms with E-state index in [0.29, 0.717) is 11.8 Å². The summed E-state index contributed by atoms with van der Waals surface area (Å²) in [4.78, 5) is 13.3. The average Bonchev–Trinajstić information content (AvgIpc) is 3.16. The van der Waals surface area contributed by atoms with Gasteiger partial charge in [-0.25, -0.2) is 9.13 Å². The molecule has 164 valence electrons. The molecular formula is C26H40N3O+. The van der Waals surface area contributed by atoms with Crippen molar-refractivity contribution in [2.24, 2.45) is 11.8 Å². The molecule has 0 spiro atoms. The first-order chi connectivity index (χ1) is 14.6. The Bertz CT molecular complexity index is 766. The fraction of sp³-hybridized carbons (Fsp3) is 0.538. The first kappa shape index (κ1) is 23.9. The Morgan fingerprint density at radius 1 is 1.13 bits per heavy atom. The molecule has 0 aliphatic carbocycles. The molecule has 0 saturated carbocycles. The van der Waals surface area contributed by atoms with E-state index in [9.17, 15) is 4.79 Å². The van der Waals surface area contributed by atoms with Crippen LogP contribution in [0.5, 0.6) is 0 Å². The maximum absolute atomic E-state index is 13.3. The number of para-hydroxylation sites is 1. The second-order valence-electron chi connectivity index (χ2n) is 8.30. The minimum absolute atomic E-state index is 0.0464. The van der Waals surface area contributed by atoms with E-state index in [4.69, 9.17) is 0 Å². The number of nitrogens with one attached hydrogen (secondary N) is 1. The van der Waals surface area contributed by atoms with Crippen molar-refractivity contribution in [3.8, 4) is 0 Å². The number of benzene rings is 1. The molecule has 2 atom stereocenters. The average molecular weight is 411 g/mol. The molecule has 2 aromatic rings. The topological polar surface area (TPSA) is 37.9 Å². The molecule has 0 aliphatic heterocycles. The minimum atomic E-state index is -0.0464. The third-order valence-electron chi connectivity index (χ3n) is 5.90. The standard InChI is InChI=1S/C26H39N3O/c1-5-9-14-22(7-3)20-28-18-19-29(21-23(8-4)15-10-6-2)26(28)25(30)27-24-16-12-11-13-17-24/h7,11-13,16-19,22-23H,3,5-6,8-10,14-15,20-21H2,1-2,4H3/p+1. The molecular weight excluding hydrogens is 370 g/mol. The lowest BCUT2D eigenvalue weighted by molar-refractivity contribution is -0.703. The van der Waals surface area contributed by atoms with Crippen molar-refractivity contribution in [2.75, 3.05) is 5.32 Å². The Hall–Kier alpha value is -2.36. The van der Waals surface area contributed by atoms with Gasteiger partial charge >= 0.3 is 11.7 Å². The number of nitrogens with zero attached hydrogens (tertiary/aromatic N) is 2. The Kier molecular flexibility index (Phi) is 10.4. The lowest BCUT2D eigenvalue weighted by atomic mass is 9.99. The second-order valence-corrected chi connectivity index (χ2v) is 8.30. The molecule has 1 N–H and O–H groups in total. The van der Waals surface area contributed by atoms with Crippen molar-refractivity contribution in [2.45, 2.75) is 78.8 Å². The first-order valence-electron chi connectivity index (χ1n) is 11.7. The van der Waals surface area contributed by atoms with Crippen molar-refractivity contribution < 1.29 is 9.36 Å². The van der Waals surface area contributed by atoms with Crippen LogP contribution in [0.2, 0.25) is 0 Å². The number of rotatable bonds is 14. The quantitative estimate of drug-likeness (QED) is 0.291. The molecule has 2 unspecified atom stereocenters. The summed E-state index contributed by atoms with van der Waals surface area (Å²) in [5.41, 5.74) is 0.825. The summed E-state index contributed by atoms with van der Waals surface area (Å²) < 4.78 is 4.27. The number of amides is 1. The SMILES string of the molecule is C=CC(CCCC)C[n+]1ccn(CC(CC)CCCC)c1C(=O)Nc1ccccc1. The number of hydrogen-bond donors (Lipinski definition) is 1. The van der Waals surface area contributed by atoms with Crippen molar-refractivity contribution in [1.82, 2.24) is 4.57 Å². The van der Waals surface area contributed by atoms with Crippen molar-refractivity contribution in [1.29, 1.82) is 0 Å². The van der Waals surface area contributed by atoms with E-state index in [-0.39, 0.29) is 5.91 Å². The molecule has 4 heteroatoms. The highest BCUT2D eigenvalue weighted by Crippen LogP contribution is 2.17. The van der Waals surface area contributed by atoms with Gasteiger partial charge in [0.25, 0.3) is 0 Å². The number of allylic oxidation sites excluding steroid dienone is 1. The van der Waals surface area contributed by atoms with Crippen LogP contribution in [0.4, 0.5) is 5.69 Å². The third kappa shape index (κ3) is 7.16. The molecule has 1 heterocycles. The zero-order chi connectivity index (χ0) is 21.8. The van der Waals surface area contributed by atoms with E-state index in [2.05, 4.69) is 54.2 Å². The van der Waals surface area contributed by atoms with Crippen LogP contribution in [-0.2, 0) is 13.1 Å². The molecule has 30 heavy (non-hydrogen) atoms.